The third kappa shape index (κ3) is 2.59. The number of hydrogen-bond acceptors (Lipinski definition) is 7. The Morgan fingerprint density at radius 2 is 2.29 bits per heavy atom. The maximum atomic E-state index is 12.2. The van der Waals surface area contributed by atoms with Crippen molar-refractivity contribution in [2.45, 2.75) is 24.0 Å². The van der Waals surface area contributed by atoms with Crippen LogP contribution in [-0.2, 0) is 4.74 Å². The number of aromatic nitrogens is 3. The van der Waals surface area contributed by atoms with Gasteiger partial charge in [0.15, 0.2) is 6.23 Å². The lowest BCUT2D eigenvalue weighted by atomic mass is 9.95. The van der Waals surface area contributed by atoms with Crippen LogP contribution in [0.5, 0.6) is 0 Å². The number of nitrogens with zero attached hydrogens (tertiary/aromatic N) is 2. The molecule has 0 saturated carbocycles. The second-order valence-electron chi connectivity index (χ2n) is 4.30. The molecule has 0 spiro atoms. The number of rotatable bonds is 2. The highest BCUT2D eigenvalue weighted by atomic mass is 19.1. The molecule has 1 aromatic rings. The first-order valence-corrected chi connectivity index (χ1v) is 5.85. The van der Waals surface area contributed by atoms with Crippen molar-refractivity contribution in [1.82, 2.24) is 14.8 Å². The summed E-state index contributed by atoms with van der Waals surface area (Å²) in [5.41, 5.74) is -4.15. The SMILES string of the molecule is O=c1cnn(C2OC(CO)C(O)C2(O)C#CCF)c(=O)[nH]1. The van der Waals surface area contributed by atoms with Gasteiger partial charge >= 0.3 is 5.69 Å². The molecule has 1 aliphatic rings. The van der Waals surface area contributed by atoms with E-state index in [1.54, 1.807) is 0 Å². The Kier molecular flexibility index (Phi) is 4.19. The molecule has 9 nitrogen and oxygen atoms in total. The van der Waals surface area contributed by atoms with E-state index in [9.17, 15) is 24.2 Å². The fraction of sp³-hybridized carbons (Fsp3) is 0.545. The van der Waals surface area contributed by atoms with Crippen molar-refractivity contribution in [1.29, 1.82) is 0 Å². The van der Waals surface area contributed by atoms with Gasteiger partial charge in [-0.15, -0.1) is 0 Å². The highest BCUT2D eigenvalue weighted by Gasteiger charge is 2.56. The normalized spacial score (nSPS) is 31.7. The van der Waals surface area contributed by atoms with Gasteiger partial charge < -0.3 is 20.1 Å². The maximum Gasteiger partial charge on any atom is 0.347 e. The van der Waals surface area contributed by atoms with Crippen molar-refractivity contribution in [2.24, 2.45) is 0 Å². The molecule has 114 valence electrons. The van der Waals surface area contributed by atoms with Crippen LogP contribution in [-0.4, -0.2) is 61.2 Å². The van der Waals surface area contributed by atoms with E-state index in [-0.39, 0.29) is 0 Å². The van der Waals surface area contributed by atoms with Crippen LogP contribution in [0.4, 0.5) is 4.39 Å². The zero-order valence-electron chi connectivity index (χ0n) is 10.6. The number of aliphatic hydroxyl groups is 3. The molecule has 4 N–H and O–H groups in total. The molecule has 4 unspecified atom stereocenters. The topological polar surface area (TPSA) is 138 Å². The van der Waals surface area contributed by atoms with Crippen LogP contribution < -0.4 is 11.2 Å². The van der Waals surface area contributed by atoms with E-state index in [4.69, 9.17) is 9.84 Å². The Morgan fingerprint density at radius 1 is 1.57 bits per heavy atom. The van der Waals surface area contributed by atoms with Crippen LogP contribution in [0.1, 0.15) is 6.23 Å². The number of nitrogens with one attached hydrogen (secondary N) is 1. The molecule has 10 heteroatoms. The number of alkyl halides is 1. The summed E-state index contributed by atoms with van der Waals surface area (Å²) >= 11 is 0. The third-order valence-corrected chi connectivity index (χ3v) is 2.98. The summed E-state index contributed by atoms with van der Waals surface area (Å²) in [4.78, 5) is 24.5. The lowest BCUT2D eigenvalue weighted by Gasteiger charge is -2.25. The summed E-state index contributed by atoms with van der Waals surface area (Å²) in [7, 11) is 0. The lowest BCUT2D eigenvalue weighted by Crippen LogP contribution is -2.49. The minimum absolute atomic E-state index is 0.549. The first kappa shape index (κ1) is 15.3. The molecular weight excluding hydrogens is 289 g/mol. The second-order valence-corrected chi connectivity index (χ2v) is 4.30. The fourth-order valence-electron chi connectivity index (χ4n) is 2.00. The summed E-state index contributed by atoms with van der Waals surface area (Å²) in [6.45, 7) is -1.77. The van der Waals surface area contributed by atoms with Crippen molar-refractivity contribution in [2.75, 3.05) is 13.3 Å². The predicted molar refractivity (Wildman–Crippen MR) is 64.8 cm³/mol. The Labute approximate surface area is 116 Å². The van der Waals surface area contributed by atoms with E-state index in [0.29, 0.717) is 4.68 Å². The average Bonchev–Trinajstić information content (AvgIpc) is 2.70. The summed E-state index contributed by atoms with van der Waals surface area (Å²) in [5, 5.41) is 32.9. The van der Waals surface area contributed by atoms with Crippen LogP contribution >= 0.6 is 0 Å². The molecule has 0 bridgehead atoms. The molecule has 0 aromatic carbocycles. The number of hydrogen-bond donors (Lipinski definition) is 4. The van der Waals surface area contributed by atoms with E-state index >= 15 is 0 Å². The number of H-pyrrole nitrogens is 1. The Balaban J connectivity index is 2.53. The number of ether oxygens (including phenoxy) is 1. The van der Waals surface area contributed by atoms with Gasteiger partial charge in [0.2, 0.25) is 5.60 Å². The lowest BCUT2D eigenvalue weighted by molar-refractivity contribution is -0.0838. The second kappa shape index (κ2) is 5.74. The summed E-state index contributed by atoms with van der Waals surface area (Å²) in [5.74, 6) is 4.00. The van der Waals surface area contributed by atoms with Crippen LogP contribution in [0.3, 0.4) is 0 Å². The van der Waals surface area contributed by atoms with Crippen LogP contribution in [0.15, 0.2) is 15.8 Å². The monoisotopic (exact) mass is 301 g/mol. The van der Waals surface area contributed by atoms with Crippen LogP contribution in [0.25, 0.3) is 0 Å². The largest absolute Gasteiger partial charge is 0.394 e. The van der Waals surface area contributed by atoms with E-state index < -0.39 is 48.6 Å². The van der Waals surface area contributed by atoms with Crippen LogP contribution in [0.2, 0.25) is 0 Å². The fourth-order valence-corrected chi connectivity index (χ4v) is 2.00. The molecule has 0 amide bonds. The molecule has 1 saturated heterocycles. The molecule has 2 heterocycles. The van der Waals surface area contributed by atoms with Gasteiger partial charge in [-0.2, -0.15) is 9.78 Å². The predicted octanol–water partition coefficient (Wildman–Crippen LogP) is -3.11. The quantitative estimate of drug-likeness (QED) is 0.424. The van der Waals surface area contributed by atoms with Gasteiger partial charge in [0.05, 0.1) is 6.61 Å². The van der Waals surface area contributed by atoms with Crippen molar-refractivity contribution in [3.05, 3.63) is 27.0 Å². The van der Waals surface area contributed by atoms with Gasteiger partial charge in [0.1, 0.15) is 25.1 Å². The summed E-state index contributed by atoms with van der Waals surface area (Å²) in [6, 6.07) is 0. The Morgan fingerprint density at radius 3 is 2.86 bits per heavy atom. The number of aliphatic hydroxyl groups excluding tert-OH is 2. The number of halogens is 1. The van der Waals surface area contributed by atoms with Gasteiger partial charge in [0, 0.05) is 0 Å². The zero-order chi connectivity index (χ0) is 15.6. The van der Waals surface area contributed by atoms with E-state index in [0.717, 1.165) is 6.20 Å². The average molecular weight is 301 g/mol. The van der Waals surface area contributed by atoms with E-state index in [2.05, 4.69) is 11.0 Å². The van der Waals surface area contributed by atoms with Gasteiger partial charge in [-0.25, -0.2) is 9.18 Å². The minimum atomic E-state index is -2.37. The van der Waals surface area contributed by atoms with E-state index in [1.807, 2.05) is 10.9 Å². The minimum Gasteiger partial charge on any atom is -0.394 e. The van der Waals surface area contributed by atoms with Crippen molar-refractivity contribution < 1.29 is 24.4 Å². The number of aromatic amines is 1. The van der Waals surface area contributed by atoms with Gasteiger partial charge in [-0.05, 0) is 0 Å². The van der Waals surface area contributed by atoms with Crippen molar-refractivity contribution in [3.8, 4) is 11.8 Å². The first-order chi connectivity index (χ1) is 9.93. The van der Waals surface area contributed by atoms with Crippen LogP contribution in [0, 0.1) is 11.8 Å². The molecule has 1 aliphatic heterocycles. The molecule has 4 atom stereocenters. The Hall–Kier alpha value is -2.06. The van der Waals surface area contributed by atoms with Crippen molar-refractivity contribution >= 4 is 0 Å². The summed E-state index contributed by atoms with van der Waals surface area (Å²) in [6.07, 6.45) is -3.82. The third-order valence-electron chi connectivity index (χ3n) is 2.98. The zero-order valence-corrected chi connectivity index (χ0v) is 10.6. The summed E-state index contributed by atoms with van der Waals surface area (Å²) < 4.78 is 17.9. The van der Waals surface area contributed by atoms with Gasteiger partial charge in [0.25, 0.3) is 5.56 Å². The van der Waals surface area contributed by atoms with Gasteiger partial charge in [-0.1, -0.05) is 11.8 Å². The molecule has 0 aliphatic carbocycles. The first-order valence-electron chi connectivity index (χ1n) is 5.85. The smallest absolute Gasteiger partial charge is 0.347 e. The Bertz CT molecular complexity index is 691. The van der Waals surface area contributed by atoms with E-state index in [1.165, 1.54) is 0 Å². The highest BCUT2D eigenvalue weighted by Crippen LogP contribution is 2.36. The molecular formula is C11H12FN3O6. The molecule has 1 fully saturated rings. The van der Waals surface area contributed by atoms with Crippen molar-refractivity contribution in [3.63, 3.8) is 0 Å². The standard InChI is InChI=1S/C11H12FN3O6/c12-3-1-2-11(20)8(18)6(5-16)21-9(11)15-10(19)14-7(17)4-13-15/h4,6,8-9,16,18,20H,3,5H2,(H,14,17,19). The van der Waals surface area contributed by atoms with Gasteiger partial charge in [-0.3, -0.25) is 9.78 Å². The molecule has 0 radical (unpaired) electrons. The molecule has 2 rings (SSSR count). The highest BCUT2D eigenvalue weighted by molar-refractivity contribution is 5.22. The molecule has 1 aromatic heterocycles. The maximum absolute atomic E-state index is 12.2. The molecule has 21 heavy (non-hydrogen) atoms.